The number of fused-ring (bicyclic) bond motifs is 1. The zero-order valence-corrected chi connectivity index (χ0v) is 13.6. The topological polar surface area (TPSA) is 84.9 Å². The van der Waals surface area contributed by atoms with E-state index in [9.17, 15) is 4.79 Å². The SMILES string of the molecule is CN1C(=N)N[C@](C)(C2CN3C=C(c4ccoc4)C=CC3=N2)CC1=O. The molecule has 0 bridgehead atoms. The van der Waals surface area contributed by atoms with Gasteiger partial charge in [-0.2, -0.15) is 0 Å². The number of nitrogens with zero attached hydrogens (tertiary/aromatic N) is 3. The van der Waals surface area contributed by atoms with Crippen molar-refractivity contribution in [1.82, 2.24) is 15.1 Å². The van der Waals surface area contributed by atoms with Crippen LogP contribution >= 0.6 is 0 Å². The largest absolute Gasteiger partial charge is 0.472 e. The maximum absolute atomic E-state index is 12.1. The van der Waals surface area contributed by atoms with Crippen LogP contribution in [0.3, 0.4) is 0 Å². The molecule has 1 saturated heterocycles. The highest BCUT2D eigenvalue weighted by molar-refractivity contribution is 6.02. The van der Waals surface area contributed by atoms with Gasteiger partial charge in [-0.05, 0) is 25.1 Å². The molecule has 0 aliphatic carbocycles. The molecule has 1 aromatic heterocycles. The van der Waals surface area contributed by atoms with Crippen LogP contribution in [0.15, 0.2) is 46.4 Å². The molecule has 4 rings (SSSR count). The summed E-state index contributed by atoms with van der Waals surface area (Å²) in [5.74, 6) is 0.952. The zero-order chi connectivity index (χ0) is 16.9. The van der Waals surface area contributed by atoms with E-state index >= 15 is 0 Å². The van der Waals surface area contributed by atoms with Crippen molar-refractivity contribution in [3.05, 3.63) is 42.5 Å². The molecular weight excluding hydrogens is 306 g/mol. The van der Waals surface area contributed by atoms with Crippen molar-refractivity contribution in [1.29, 1.82) is 5.41 Å². The molecular formula is C17H19N5O2. The Kier molecular flexibility index (Phi) is 3.13. The lowest BCUT2D eigenvalue weighted by molar-refractivity contribution is -0.129. The highest BCUT2D eigenvalue weighted by atomic mass is 16.3. The second-order valence-electron chi connectivity index (χ2n) is 6.61. The fourth-order valence-corrected chi connectivity index (χ4v) is 3.29. The molecule has 3 aliphatic heterocycles. The van der Waals surface area contributed by atoms with E-state index in [2.05, 4.69) is 16.4 Å². The predicted octanol–water partition coefficient (Wildman–Crippen LogP) is 1.42. The van der Waals surface area contributed by atoms with Crippen LogP contribution in [0.1, 0.15) is 18.9 Å². The van der Waals surface area contributed by atoms with Crippen molar-refractivity contribution in [3.8, 4) is 0 Å². The standard InChI is InChI=1S/C17H19N5O2/c1-17(7-15(23)21(2)16(18)20-17)13-9-22-8-11(3-4-14(22)19-13)12-5-6-24-10-12/h3-6,8,10,13H,7,9H2,1-2H3,(H2,18,20)/t13?,17-/m0/s1. The van der Waals surface area contributed by atoms with Gasteiger partial charge in [-0.1, -0.05) is 0 Å². The van der Waals surface area contributed by atoms with Gasteiger partial charge in [0.2, 0.25) is 5.91 Å². The maximum Gasteiger partial charge on any atom is 0.231 e. The zero-order valence-electron chi connectivity index (χ0n) is 13.6. The molecule has 2 N–H and O–H groups in total. The Morgan fingerprint density at radius 2 is 2.29 bits per heavy atom. The molecule has 1 fully saturated rings. The van der Waals surface area contributed by atoms with Crippen LogP contribution in [0.5, 0.6) is 0 Å². The Morgan fingerprint density at radius 3 is 3.00 bits per heavy atom. The van der Waals surface area contributed by atoms with E-state index in [1.54, 1.807) is 19.6 Å². The third-order valence-electron chi connectivity index (χ3n) is 4.88. The van der Waals surface area contributed by atoms with E-state index in [-0.39, 0.29) is 17.9 Å². The third-order valence-corrected chi connectivity index (χ3v) is 4.88. The summed E-state index contributed by atoms with van der Waals surface area (Å²) in [5, 5.41) is 11.1. The van der Waals surface area contributed by atoms with Gasteiger partial charge in [0, 0.05) is 30.9 Å². The summed E-state index contributed by atoms with van der Waals surface area (Å²) in [4.78, 5) is 20.3. The minimum Gasteiger partial charge on any atom is -0.472 e. The summed E-state index contributed by atoms with van der Waals surface area (Å²) in [7, 11) is 1.61. The highest BCUT2D eigenvalue weighted by Crippen LogP contribution is 2.31. The average Bonchev–Trinajstić information content (AvgIpc) is 3.21. The van der Waals surface area contributed by atoms with Crippen LogP contribution in [0.25, 0.3) is 5.57 Å². The van der Waals surface area contributed by atoms with Crippen molar-refractivity contribution in [2.45, 2.75) is 24.9 Å². The number of hydrogen-bond acceptors (Lipinski definition) is 5. The van der Waals surface area contributed by atoms with Crippen LogP contribution in [0, 0.1) is 5.41 Å². The summed E-state index contributed by atoms with van der Waals surface area (Å²) in [6.45, 7) is 2.64. The maximum atomic E-state index is 12.1. The smallest absolute Gasteiger partial charge is 0.231 e. The van der Waals surface area contributed by atoms with E-state index in [1.165, 1.54) is 4.90 Å². The number of nitrogens with one attached hydrogen (secondary N) is 2. The monoisotopic (exact) mass is 325 g/mol. The first kappa shape index (κ1) is 14.7. The van der Waals surface area contributed by atoms with Crippen LogP contribution in [-0.4, -0.2) is 52.7 Å². The fraction of sp³-hybridized carbons (Fsp3) is 0.353. The van der Waals surface area contributed by atoms with E-state index in [0.717, 1.165) is 17.0 Å². The molecule has 2 atom stereocenters. The number of rotatable bonds is 2. The lowest BCUT2D eigenvalue weighted by Crippen LogP contribution is -2.64. The summed E-state index contributed by atoms with van der Waals surface area (Å²) < 4.78 is 5.15. The Hall–Kier alpha value is -2.83. The second-order valence-corrected chi connectivity index (χ2v) is 6.61. The third kappa shape index (κ3) is 2.24. The van der Waals surface area contributed by atoms with Crippen molar-refractivity contribution in [2.75, 3.05) is 13.6 Å². The Bertz CT molecular complexity index is 772. The number of amidine groups is 1. The normalized spacial score (nSPS) is 29.3. The lowest BCUT2D eigenvalue weighted by Gasteiger charge is -2.41. The van der Waals surface area contributed by atoms with E-state index in [4.69, 9.17) is 14.8 Å². The summed E-state index contributed by atoms with van der Waals surface area (Å²) in [6.07, 6.45) is 9.74. The number of carbonyl (C=O) groups excluding carboxylic acids is 1. The Labute approximate surface area is 139 Å². The number of furan rings is 1. The summed E-state index contributed by atoms with van der Waals surface area (Å²) in [6, 6.07) is 1.82. The number of carbonyl (C=O) groups is 1. The van der Waals surface area contributed by atoms with Crippen molar-refractivity contribution >= 4 is 23.3 Å². The molecule has 7 nitrogen and oxygen atoms in total. The van der Waals surface area contributed by atoms with E-state index in [0.29, 0.717) is 13.0 Å². The van der Waals surface area contributed by atoms with Gasteiger partial charge in [-0.25, -0.2) is 0 Å². The lowest BCUT2D eigenvalue weighted by atomic mass is 9.87. The number of hydrogen-bond donors (Lipinski definition) is 2. The second kappa shape index (κ2) is 5.09. The van der Waals surface area contributed by atoms with Crippen LogP contribution in [-0.2, 0) is 4.79 Å². The van der Waals surface area contributed by atoms with Crippen LogP contribution < -0.4 is 5.32 Å². The molecule has 3 aliphatic rings. The number of guanidine groups is 1. The van der Waals surface area contributed by atoms with Gasteiger partial charge in [-0.3, -0.25) is 20.1 Å². The molecule has 0 spiro atoms. The van der Waals surface area contributed by atoms with Gasteiger partial charge in [0.25, 0.3) is 0 Å². The van der Waals surface area contributed by atoms with Gasteiger partial charge in [0.1, 0.15) is 5.84 Å². The van der Waals surface area contributed by atoms with Gasteiger partial charge in [0.05, 0.1) is 30.5 Å². The first-order chi connectivity index (χ1) is 11.5. The molecule has 7 heteroatoms. The highest BCUT2D eigenvalue weighted by Gasteiger charge is 2.45. The Balaban J connectivity index is 1.57. The molecule has 1 unspecified atom stereocenters. The van der Waals surface area contributed by atoms with Crippen LogP contribution in [0.2, 0.25) is 0 Å². The van der Waals surface area contributed by atoms with Crippen molar-refractivity contribution in [3.63, 3.8) is 0 Å². The number of allylic oxidation sites excluding steroid dienone is 2. The predicted molar refractivity (Wildman–Crippen MR) is 90.4 cm³/mol. The minimum absolute atomic E-state index is 0.0588. The molecule has 1 amide bonds. The molecule has 0 aromatic carbocycles. The van der Waals surface area contributed by atoms with Gasteiger partial charge in [0.15, 0.2) is 5.96 Å². The minimum atomic E-state index is -0.553. The molecule has 124 valence electrons. The number of aliphatic imine (C=N–C) groups is 1. The fourth-order valence-electron chi connectivity index (χ4n) is 3.29. The molecule has 1 aromatic rings. The van der Waals surface area contributed by atoms with Gasteiger partial charge in [-0.15, -0.1) is 0 Å². The molecule has 4 heterocycles. The quantitative estimate of drug-likeness (QED) is 0.861. The summed E-state index contributed by atoms with van der Waals surface area (Å²) in [5.41, 5.74) is 1.53. The van der Waals surface area contributed by atoms with Crippen LogP contribution in [0.4, 0.5) is 0 Å². The van der Waals surface area contributed by atoms with Gasteiger partial charge >= 0.3 is 0 Å². The molecule has 0 saturated carbocycles. The van der Waals surface area contributed by atoms with Crippen molar-refractivity contribution in [2.24, 2.45) is 4.99 Å². The first-order valence-electron chi connectivity index (χ1n) is 7.86. The molecule has 24 heavy (non-hydrogen) atoms. The number of amides is 1. The van der Waals surface area contributed by atoms with E-state index in [1.807, 2.05) is 25.1 Å². The average molecular weight is 325 g/mol. The first-order valence-corrected chi connectivity index (χ1v) is 7.86. The van der Waals surface area contributed by atoms with Gasteiger partial charge < -0.3 is 14.6 Å². The van der Waals surface area contributed by atoms with Crippen molar-refractivity contribution < 1.29 is 9.21 Å². The van der Waals surface area contributed by atoms with E-state index < -0.39 is 5.54 Å². The summed E-state index contributed by atoms with van der Waals surface area (Å²) >= 11 is 0. The Morgan fingerprint density at radius 1 is 1.46 bits per heavy atom. The molecule has 0 radical (unpaired) electrons.